The van der Waals surface area contributed by atoms with Gasteiger partial charge in [-0.15, -0.1) is 0 Å². The zero-order valence-electron chi connectivity index (χ0n) is 15.6. The molecule has 2 unspecified atom stereocenters. The number of hydrogen-bond donors (Lipinski definition) is 1. The molecule has 4 rings (SSSR count). The number of fused-ring (bicyclic) bond motifs is 1. The van der Waals surface area contributed by atoms with E-state index < -0.39 is 18.1 Å². The number of nitrogens with zero attached hydrogens (tertiary/aromatic N) is 1. The van der Waals surface area contributed by atoms with Crippen LogP contribution in [0.25, 0.3) is 0 Å². The molecule has 0 bridgehead atoms. The molecule has 1 aromatic carbocycles. The van der Waals surface area contributed by atoms with Crippen LogP contribution < -0.4 is 5.73 Å². The first-order chi connectivity index (χ1) is 13.5. The number of methoxy groups -OCH3 is 1. The van der Waals surface area contributed by atoms with Crippen LogP contribution in [0, 0.1) is 5.92 Å². The number of ketones is 2. The minimum Gasteiger partial charge on any atom is -0.464 e. The number of likely N-dealkylation sites (tertiary alicyclic amines) is 1. The zero-order chi connectivity index (χ0) is 19.8. The van der Waals surface area contributed by atoms with E-state index in [4.69, 9.17) is 15.2 Å². The van der Waals surface area contributed by atoms with E-state index in [9.17, 15) is 14.4 Å². The maximum absolute atomic E-state index is 13.0. The molecule has 7 nitrogen and oxygen atoms in total. The highest BCUT2D eigenvalue weighted by atomic mass is 16.7. The Hall–Kier alpha value is -2.77. The first-order valence-electron chi connectivity index (χ1n) is 9.36. The van der Waals surface area contributed by atoms with Crippen molar-refractivity contribution < 1.29 is 23.9 Å². The molecule has 2 atom stereocenters. The Morgan fingerprint density at radius 1 is 1.21 bits per heavy atom. The molecule has 0 spiro atoms. The van der Waals surface area contributed by atoms with Gasteiger partial charge in [0.05, 0.1) is 5.57 Å². The number of amides is 1. The number of primary amides is 1. The van der Waals surface area contributed by atoms with Gasteiger partial charge in [0, 0.05) is 30.4 Å². The van der Waals surface area contributed by atoms with Gasteiger partial charge in [-0.3, -0.25) is 14.4 Å². The van der Waals surface area contributed by atoms with Crippen molar-refractivity contribution in [3.63, 3.8) is 0 Å². The van der Waals surface area contributed by atoms with Crippen molar-refractivity contribution in [2.75, 3.05) is 26.7 Å². The first kappa shape index (κ1) is 18.6. The Balaban J connectivity index is 1.75. The predicted molar refractivity (Wildman–Crippen MR) is 100 cm³/mol. The van der Waals surface area contributed by atoms with E-state index in [0.29, 0.717) is 17.7 Å². The summed E-state index contributed by atoms with van der Waals surface area (Å²) in [5.74, 6) is -1.57. The minimum absolute atomic E-state index is 0.166. The molecule has 1 fully saturated rings. The molecular weight excluding hydrogens is 360 g/mol. The van der Waals surface area contributed by atoms with Gasteiger partial charge in [0.1, 0.15) is 11.7 Å². The fourth-order valence-electron chi connectivity index (χ4n) is 4.04. The Kier molecular flexibility index (Phi) is 4.87. The molecular formula is C21H22N2O5. The lowest BCUT2D eigenvalue weighted by Gasteiger charge is -2.33. The second kappa shape index (κ2) is 7.33. The van der Waals surface area contributed by atoms with Crippen LogP contribution in [0.4, 0.5) is 0 Å². The van der Waals surface area contributed by atoms with Crippen LogP contribution in [0.1, 0.15) is 33.6 Å². The standard InChI is InChI=1S/C21H22N2O5/c1-27-21-17-14(18(24)12-6-2-3-7-13(12)19(17)25)10-16(28-21)15(20(22)26)11-23-8-4-5-9-23/h2-3,6-7,10,15,21H,4-5,8-9,11H2,1H3,(H2,22,26). The quantitative estimate of drug-likeness (QED) is 0.827. The van der Waals surface area contributed by atoms with Gasteiger partial charge in [-0.2, -0.15) is 0 Å². The number of Topliss-reactive ketones (excluding diaryl/α,β-unsaturated/α-hetero) is 2. The van der Waals surface area contributed by atoms with Crippen molar-refractivity contribution in [2.45, 2.75) is 19.1 Å². The maximum atomic E-state index is 13.0. The van der Waals surface area contributed by atoms with Crippen LogP contribution >= 0.6 is 0 Å². The fraction of sp³-hybridized carbons (Fsp3) is 0.381. The van der Waals surface area contributed by atoms with Crippen LogP contribution in [-0.4, -0.2) is 55.4 Å². The molecule has 28 heavy (non-hydrogen) atoms. The van der Waals surface area contributed by atoms with E-state index in [1.807, 2.05) is 0 Å². The van der Waals surface area contributed by atoms with Crippen LogP contribution in [0.3, 0.4) is 0 Å². The summed E-state index contributed by atoms with van der Waals surface area (Å²) in [6.45, 7) is 2.20. The molecule has 1 amide bonds. The van der Waals surface area contributed by atoms with Crippen molar-refractivity contribution in [3.8, 4) is 0 Å². The van der Waals surface area contributed by atoms with Crippen LogP contribution in [0.2, 0.25) is 0 Å². The molecule has 0 saturated carbocycles. The minimum atomic E-state index is -1.06. The topological polar surface area (TPSA) is 98.9 Å². The summed E-state index contributed by atoms with van der Waals surface area (Å²) in [5, 5.41) is 0. The third-order valence-corrected chi connectivity index (χ3v) is 5.50. The molecule has 1 aromatic rings. The summed E-state index contributed by atoms with van der Waals surface area (Å²) in [5.41, 5.74) is 6.69. The van der Waals surface area contributed by atoms with Crippen molar-refractivity contribution in [3.05, 3.63) is 58.4 Å². The Bertz CT molecular complexity index is 911. The van der Waals surface area contributed by atoms with Crippen molar-refractivity contribution in [1.29, 1.82) is 0 Å². The Morgan fingerprint density at radius 2 is 1.86 bits per heavy atom. The molecule has 0 radical (unpaired) electrons. The highest BCUT2D eigenvalue weighted by molar-refractivity contribution is 6.28. The summed E-state index contributed by atoms with van der Waals surface area (Å²) in [6, 6.07) is 6.67. The molecule has 2 heterocycles. The highest BCUT2D eigenvalue weighted by Crippen LogP contribution is 2.36. The summed E-state index contributed by atoms with van der Waals surface area (Å²) >= 11 is 0. The maximum Gasteiger partial charge on any atom is 0.230 e. The molecule has 7 heteroatoms. The predicted octanol–water partition coefficient (Wildman–Crippen LogP) is 1.45. The molecule has 2 aliphatic heterocycles. The van der Waals surface area contributed by atoms with Gasteiger partial charge in [-0.1, -0.05) is 24.3 Å². The second-order valence-corrected chi connectivity index (χ2v) is 7.23. The number of rotatable bonds is 5. The van der Waals surface area contributed by atoms with Crippen LogP contribution in [0.5, 0.6) is 0 Å². The number of carbonyl (C=O) groups excluding carboxylic acids is 3. The number of carbonyl (C=O) groups is 3. The first-order valence-corrected chi connectivity index (χ1v) is 9.36. The number of nitrogens with two attached hydrogens (primary N) is 1. The monoisotopic (exact) mass is 382 g/mol. The number of ether oxygens (including phenoxy) is 2. The average molecular weight is 382 g/mol. The van der Waals surface area contributed by atoms with Crippen molar-refractivity contribution >= 4 is 17.5 Å². The lowest BCUT2D eigenvalue weighted by Crippen LogP contribution is -2.40. The molecule has 0 aromatic heterocycles. The zero-order valence-corrected chi connectivity index (χ0v) is 15.6. The molecule has 1 saturated heterocycles. The summed E-state index contributed by atoms with van der Waals surface area (Å²) in [4.78, 5) is 40.3. The van der Waals surface area contributed by atoms with E-state index in [-0.39, 0.29) is 28.5 Å². The van der Waals surface area contributed by atoms with Crippen molar-refractivity contribution in [2.24, 2.45) is 11.7 Å². The highest BCUT2D eigenvalue weighted by Gasteiger charge is 2.41. The Morgan fingerprint density at radius 3 is 2.46 bits per heavy atom. The van der Waals surface area contributed by atoms with Gasteiger partial charge in [0.2, 0.25) is 12.2 Å². The Labute approximate surface area is 162 Å². The summed E-state index contributed by atoms with van der Waals surface area (Å²) in [6.07, 6.45) is 2.59. The normalized spacial score (nSPS) is 23.0. The molecule has 2 N–H and O–H groups in total. The number of benzene rings is 1. The number of allylic oxidation sites excluding steroid dienone is 2. The molecule has 1 aliphatic carbocycles. The largest absolute Gasteiger partial charge is 0.464 e. The van der Waals surface area contributed by atoms with E-state index in [0.717, 1.165) is 25.9 Å². The van der Waals surface area contributed by atoms with E-state index in [2.05, 4.69) is 4.90 Å². The van der Waals surface area contributed by atoms with E-state index in [1.54, 1.807) is 24.3 Å². The summed E-state index contributed by atoms with van der Waals surface area (Å²) in [7, 11) is 1.40. The van der Waals surface area contributed by atoms with Gasteiger partial charge in [0.25, 0.3) is 0 Å². The third kappa shape index (κ3) is 3.06. The average Bonchev–Trinajstić information content (AvgIpc) is 3.22. The van der Waals surface area contributed by atoms with Gasteiger partial charge in [-0.05, 0) is 32.0 Å². The van der Waals surface area contributed by atoms with Gasteiger partial charge >= 0.3 is 0 Å². The second-order valence-electron chi connectivity index (χ2n) is 7.23. The summed E-state index contributed by atoms with van der Waals surface area (Å²) < 4.78 is 11.2. The molecule has 146 valence electrons. The lowest BCUT2D eigenvalue weighted by molar-refractivity contribution is -0.125. The lowest BCUT2D eigenvalue weighted by atomic mass is 9.82. The molecule has 3 aliphatic rings. The van der Waals surface area contributed by atoms with Crippen LogP contribution in [-0.2, 0) is 14.3 Å². The van der Waals surface area contributed by atoms with Gasteiger partial charge in [0.15, 0.2) is 11.6 Å². The fourth-order valence-corrected chi connectivity index (χ4v) is 4.04. The van der Waals surface area contributed by atoms with Crippen molar-refractivity contribution in [1.82, 2.24) is 4.90 Å². The SMILES string of the molecule is COC1OC(C(CN2CCCC2)C(N)=O)=CC2=C1C(=O)c1ccccc1C2=O. The smallest absolute Gasteiger partial charge is 0.230 e. The van der Waals surface area contributed by atoms with Crippen LogP contribution in [0.15, 0.2) is 47.2 Å². The number of hydrogen-bond acceptors (Lipinski definition) is 6. The van der Waals surface area contributed by atoms with E-state index in [1.165, 1.54) is 13.2 Å². The third-order valence-electron chi connectivity index (χ3n) is 5.50. The van der Waals surface area contributed by atoms with Gasteiger partial charge in [-0.25, -0.2) is 0 Å². The van der Waals surface area contributed by atoms with Gasteiger partial charge < -0.3 is 20.1 Å². The van der Waals surface area contributed by atoms with E-state index >= 15 is 0 Å².